The van der Waals surface area contributed by atoms with Crippen molar-refractivity contribution in [2.75, 3.05) is 44.4 Å². The smallest absolute Gasteiger partial charge is 0.294 e. The lowest BCUT2D eigenvalue weighted by Crippen LogP contribution is -2.29. The molecule has 2 heterocycles. The third-order valence-corrected chi connectivity index (χ3v) is 6.15. The molecule has 0 fully saturated rings. The third-order valence-electron chi connectivity index (χ3n) is 6.15. The van der Waals surface area contributed by atoms with Gasteiger partial charge in [0.2, 0.25) is 11.8 Å². The molecule has 10 heteroatoms. The average Bonchev–Trinajstić information content (AvgIpc) is 3.15. The summed E-state index contributed by atoms with van der Waals surface area (Å²) in [7, 11) is 7.64. The van der Waals surface area contributed by atoms with Crippen LogP contribution in [0.1, 0.15) is 5.56 Å². The summed E-state index contributed by atoms with van der Waals surface area (Å²) in [5, 5.41) is 16.0. The highest BCUT2D eigenvalue weighted by Gasteiger charge is 2.22. The summed E-state index contributed by atoms with van der Waals surface area (Å²) in [6.07, 6.45) is 1.62. The highest BCUT2D eigenvalue weighted by atomic mass is 16.6. The van der Waals surface area contributed by atoms with Crippen LogP contribution >= 0.6 is 0 Å². The fourth-order valence-corrected chi connectivity index (χ4v) is 4.18. The zero-order valence-corrected chi connectivity index (χ0v) is 21.0. The maximum atomic E-state index is 11.9. The van der Waals surface area contributed by atoms with Crippen molar-refractivity contribution in [2.45, 2.75) is 6.92 Å². The molecule has 10 nitrogen and oxygen atoms in total. The normalized spacial score (nSPS) is 11.0. The number of hydrogen-bond donors (Lipinski definition) is 1. The van der Waals surface area contributed by atoms with E-state index in [9.17, 15) is 10.1 Å². The molecule has 0 aliphatic carbocycles. The molecule has 4 rings (SSSR count). The third kappa shape index (κ3) is 4.69. The number of likely N-dealkylation sites (N-methyl/N-ethyl adjacent to an activating group) is 2. The van der Waals surface area contributed by atoms with E-state index < -0.39 is 0 Å². The first-order valence-electron chi connectivity index (χ1n) is 11.4. The van der Waals surface area contributed by atoms with Gasteiger partial charge in [-0.1, -0.05) is 24.8 Å². The fraction of sp³-hybridized carbons (Fsp3) is 0.269. The van der Waals surface area contributed by atoms with Crippen LogP contribution in [0.25, 0.3) is 27.0 Å². The molecule has 0 unspecified atom stereocenters. The second kappa shape index (κ2) is 10.0. The van der Waals surface area contributed by atoms with E-state index in [1.807, 2.05) is 79.8 Å². The topological polar surface area (TPSA) is 96.7 Å². The van der Waals surface area contributed by atoms with E-state index in [1.54, 1.807) is 12.3 Å². The molecule has 0 aliphatic heterocycles. The molecule has 0 radical (unpaired) electrons. The fourth-order valence-electron chi connectivity index (χ4n) is 4.18. The molecule has 0 spiro atoms. The Kier molecular flexibility index (Phi) is 6.85. The van der Waals surface area contributed by atoms with E-state index in [4.69, 9.17) is 6.57 Å². The van der Waals surface area contributed by atoms with Crippen molar-refractivity contribution in [3.05, 3.63) is 75.8 Å². The predicted molar refractivity (Wildman–Crippen MR) is 143 cm³/mol. The Hall–Kier alpha value is -4.49. The molecule has 0 saturated heterocycles. The van der Waals surface area contributed by atoms with Crippen LogP contribution in [0.4, 0.5) is 28.8 Å². The zero-order valence-electron chi connectivity index (χ0n) is 21.0. The van der Waals surface area contributed by atoms with Gasteiger partial charge in [0.25, 0.3) is 5.69 Å². The number of aryl methyl sites for hydroxylation is 2. The molecular weight excluding hydrogens is 456 g/mol. The summed E-state index contributed by atoms with van der Waals surface area (Å²) in [5.41, 5.74) is 4.20. The molecule has 4 aromatic rings. The Labute approximate surface area is 209 Å². The number of benzene rings is 2. The van der Waals surface area contributed by atoms with Gasteiger partial charge < -0.3 is 20.0 Å². The number of hydrogen-bond acceptors (Lipinski definition) is 7. The number of nitrogens with one attached hydrogen (secondary N) is 1. The number of nitrogens with zero attached hydrogens (tertiary/aromatic N) is 7. The van der Waals surface area contributed by atoms with Crippen molar-refractivity contribution in [1.29, 1.82) is 0 Å². The highest BCUT2D eigenvalue weighted by molar-refractivity contribution is 6.02. The Morgan fingerprint density at radius 2 is 1.92 bits per heavy atom. The number of nitro groups is 1. The largest absolute Gasteiger partial charge is 0.368 e. The minimum Gasteiger partial charge on any atom is -0.368 e. The Morgan fingerprint density at radius 3 is 2.61 bits per heavy atom. The summed E-state index contributed by atoms with van der Waals surface area (Å²) in [6, 6.07) is 12.9. The van der Waals surface area contributed by atoms with Crippen LogP contribution in [0, 0.1) is 23.6 Å². The van der Waals surface area contributed by atoms with Crippen molar-refractivity contribution in [2.24, 2.45) is 7.05 Å². The van der Waals surface area contributed by atoms with Crippen LogP contribution in [-0.2, 0) is 7.05 Å². The van der Waals surface area contributed by atoms with E-state index in [-0.39, 0.29) is 10.6 Å². The van der Waals surface area contributed by atoms with E-state index >= 15 is 0 Å². The molecular formula is C26H28N8O2. The summed E-state index contributed by atoms with van der Waals surface area (Å²) in [5.74, 6) is 0.778. The standard InChI is InChI=1S/C26H28N8O2/c1-17-15-22(32(5)14-13-31(3)4)23(34(35)36)16-20(17)30-26-28-12-11-19(29-26)24-18-9-7-8-10-21(18)33(6)25(24)27-2/h7-12,15-16H,13-14H2,1,3-6H3,(H,28,29,30). The van der Waals surface area contributed by atoms with Gasteiger partial charge in [-0.3, -0.25) is 14.7 Å². The number of nitro benzene ring substituents is 1. The Bertz CT molecular complexity index is 1490. The summed E-state index contributed by atoms with van der Waals surface area (Å²) >= 11 is 0. The van der Waals surface area contributed by atoms with E-state index in [0.717, 1.165) is 28.6 Å². The average molecular weight is 485 g/mol. The van der Waals surface area contributed by atoms with Crippen LogP contribution in [-0.4, -0.2) is 58.6 Å². The van der Waals surface area contributed by atoms with Crippen LogP contribution in [0.2, 0.25) is 0 Å². The molecule has 0 bridgehead atoms. The lowest BCUT2D eigenvalue weighted by molar-refractivity contribution is -0.384. The highest BCUT2D eigenvalue weighted by Crippen LogP contribution is 2.39. The van der Waals surface area contributed by atoms with Crippen LogP contribution in [0.3, 0.4) is 0 Å². The quantitative estimate of drug-likeness (QED) is 0.210. The first kappa shape index (κ1) is 24.6. The lowest BCUT2D eigenvalue weighted by atomic mass is 10.1. The molecule has 2 aromatic heterocycles. The molecule has 0 aliphatic rings. The summed E-state index contributed by atoms with van der Waals surface area (Å²) in [6.45, 7) is 11.0. The van der Waals surface area contributed by atoms with E-state index in [0.29, 0.717) is 35.4 Å². The minimum atomic E-state index is -0.373. The second-order valence-electron chi connectivity index (χ2n) is 8.91. The molecule has 184 valence electrons. The van der Waals surface area contributed by atoms with Gasteiger partial charge in [0.15, 0.2) is 0 Å². The van der Waals surface area contributed by atoms with Crippen LogP contribution < -0.4 is 10.2 Å². The van der Waals surface area contributed by atoms with Crippen molar-refractivity contribution >= 4 is 39.7 Å². The van der Waals surface area contributed by atoms with Gasteiger partial charge in [-0.2, -0.15) is 0 Å². The molecule has 0 atom stereocenters. The SMILES string of the molecule is [C-]#[N+]c1c(-c2ccnc(Nc3cc([N+](=O)[O-])c(N(C)CCN(C)C)cc3C)n2)c2ccccc2n1C. The van der Waals surface area contributed by atoms with Crippen molar-refractivity contribution in [3.63, 3.8) is 0 Å². The summed E-state index contributed by atoms with van der Waals surface area (Å²) in [4.78, 5) is 28.2. The number of rotatable bonds is 8. The van der Waals surface area contributed by atoms with Crippen molar-refractivity contribution < 1.29 is 4.92 Å². The van der Waals surface area contributed by atoms with Gasteiger partial charge in [-0.15, -0.1) is 0 Å². The molecule has 1 N–H and O–H groups in total. The van der Waals surface area contributed by atoms with Crippen molar-refractivity contribution in [1.82, 2.24) is 19.4 Å². The first-order valence-corrected chi connectivity index (χ1v) is 11.4. The minimum absolute atomic E-state index is 0.00450. The Morgan fingerprint density at radius 1 is 1.17 bits per heavy atom. The van der Waals surface area contributed by atoms with Gasteiger partial charge in [-0.05, 0) is 44.8 Å². The first-order chi connectivity index (χ1) is 17.2. The zero-order chi connectivity index (χ0) is 26.0. The Balaban J connectivity index is 1.72. The number of para-hydroxylation sites is 1. The molecule has 36 heavy (non-hydrogen) atoms. The van der Waals surface area contributed by atoms with Crippen molar-refractivity contribution in [3.8, 4) is 11.3 Å². The maximum Gasteiger partial charge on any atom is 0.294 e. The maximum absolute atomic E-state index is 11.9. The molecule has 0 amide bonds. The molecule has 0 saturated carbocycles. The lowest BCUT2D eigenvalue weighted by Gasteiger charge is -2.22. The predicted octanol–water partition coefficient (Wildman–Crippen LogP) is 5.14. The van der Waals surface area contributed by atoms with Gasteiger partial charge in [-0.25, -0.2) is 9.97 Å². The van der Waals surface area contributed by atoms with Gasteiger partial charge in [0.1, 0.15) is 11.2 Å². The number of aromatic nitrogens is 3. The van der Waals surface area contributed by atoms with Crippen LogP contribution in [0.15, 0.2) is 48.7 Å². The molecule has 2 aromatic carbocycles. The summed E-state index contributed by atoms with van der Waals surface area (Å²) < 4.78 is 1.85. The van der Waals surface area contributed by atoms with Gasteiger partial charge >= 0.3 is 0 Å². The van der Waals surface area contributed by atoms with Crippen LogP contribution in [0.5, 0.6) is 0 Å². The van der Waals surface area contributed by atoms with Gasteiger partial charge in [0, 0.05) is 43.4 Å². The monoisotopic (exact) mass is 484 g/mol. The second-order valence-corrected chi connectivity index (χ2v) is 8.91. The number of fused-ring (bicyclic) bond motifs is 1. The van der Waals surface area contributed by atoms with E-state index in [1.165, 1.54) is 6.07 Å². The number of anilines is 3. The van der Waals surface area contributed by atoms with Gasteiger partial charge in [0.05, 0.1) is 23.4 Å². The van der Waals surface area contributed by atoms with E-state index in [2.05, 4.69) is 20.1 Å².